The molecule has 0 bridgehead atoms. The molecule has 0 aliphatic rings. The summed E-state index contributed by atoms with van der Waals surface area (Å²) in [5.74, 6) is -23.7. The summed E-state index contributed by atoms with van der Waals surface area (Å²) in [4.78, 5) is 19.2. The highest BCUT2D eigenvalue weighted by Gasteiger charge is 2.86. The maximum Gasteiger partial charge on any atom is 0.423 e. The van der Waals surface area contributed by atoms with E-state index in [9.17, 15) is 53.5 Å². The second kappa shape index (κ2) is 9.91. The normalized spacial score (nSPS) is 12.6. The van der Waals surface area contributed by atoms with E-state index < -0.39 is 41.9 Å². The lowest BCUT2D eigenvalue weighted by molar-refractivity contribution is -0.460. The van der Waals surface area contributed by atoms with Gasteiger partial charge in [0.15, 0.2) is 0 Å². The van der Waals surface area contributed by atoms with Crippen molar-refractivity contribution in [1.29, 1.82) is 0 Å². The van der Waals surface area contributed by atoms with Crippen LogP contribution in [-0.2, 0) is 9.59 Å². The van der Waals surface area contributed by atoms with Gasteiger partial charge in [0.2, 0.25) is 0 Å². The summed E-state index contributed by atoms with van der Waals surface area (Å²) < 4.78 is 119. The number of carbonyl (C=O) groups is 2. The first kappa shape index (κ1) is 31.3. The number of carboxylic acids is 2. The highest BCUT2D eigenvalue weighted by molar-refractivity contribution is 5.85. The quantitative estimate of drug-likeness (QED) is 0.360. The molecule has 0 spiro atoms. The lowest BCUT2D eigenvalue weighted by Crippen LogP contribution is -2.67. The molecule has 0 aromatic rings. The van der Waals surface area contributed by atoms with Crippen molar-refractivity contribution in [3.8, 4) is 0 Å². The van der Waals surface area contributed by atoms with Gasteiger partial charge in [-0.2, -0.15) is 43.9 Å². The van der Waals surface area contributed by atoms with Crippen LogP contribution in [0.5, 0.6) is 0 Å². The van der Waals surface area contributed by atoms with E-state index in [1.807, 2.05) is 0 Å². The zero-order valence-corrected chi connectivity index (χ0v) is 14.3. The lowest BCUT2D eigenvalue weighted by Gasteiger charge is -2.35. The van der Waals surface area contributed by atoms with Crippen LogP contribution < -0.4 is 0 Å². The summed E-state index contributed by atoms with van der Waals surface area (Å²) in [6.07, 6.45) is -13.4. The molecule has 0 radical (unpaired) electrons. The van der Waals surface area contributed by atoms with Crippen LogP contribution in [0.3, 0.4) is 0 Å². The van der Waals surface area contributed by atoms with Crippen molar-refractivity contribution in [3.63, 3.8) is 0 Å². The number of rotatable bonds is 6. The maximum absolute atomic E-state index is 12.2. The van der Waals surface area contributed by atoms with Crippen molar-refractivity contribution >= 4 is 11.9 Å². The molecule has 0 aromatic heterocycles. The topological polar surface area (TPSA) is 115 Å². The second-order valence-corrected chi connectivity index (χ2v) is 4.98. The molecule has 0 aliphatic heterocycles. The predicted molar refractivity (Wildman–Crippen MR) is 74.1 cm³/mol. The van der Waals surface area contributed by atoms with Crippen LogP contribution in [0.4, 0.5) is 43.9 Å². The van der Waals surface area contributed by atoms with E-state index in [1.165, 1.54) is 13.8 Å². The molecule has 16 heteroatoms. The molecule has 0 unspecified atom stereocenters. The largest absolute Gasteiger partial charge is 0.478 e. The Kier molecular flexibility index (Phi) is 10.7. The van der Waals surface area contributed by atoms with Crippen molar-refractivity contribution < 1.29 is 73.9 Å². The number of hydrogen-bond donors (Lipinski definition) is 4. The van der Waals surface area contributed by atoms with Gasteiger partial charge in [0.25, 0.3) is 0 Å². The Labute approximate surface area is 155 Å². The molecule has 0 saturated carbocycles. The zero-order chi connectivity index (χ0) is 24.8. The Balaban J connectivity index is -0.000000460. The van der Waals surface area contributed by atoms with Crippen molar-refractivity contribution in [2.45, 2.75) is 43.8 Å². The highest BCUT2D eigenvalue weighted by Crippen LogP contribution is 2.55. The number of carboxylic acid groups (broad SMARTS) is 2. The van der Waals surface area contributed by atoms with E-state index in [-0.39, 0.29) is 11.1 Å². The van der Waals surface area contributed by atoms with Crippen molar-refractivity contribution in [1.82, 2.24) is 0 Å². The molecular formula is C13H14F10O6. The van der Waals surface area contributed by atoms with Crippen LogP contribution in [-0.4, -0.2) is 62.3 Å². The minimum absolute atomic E-state index is 0.176. The van der Waals surface area contributed by atoms with Crippen LogP contribution in [0.25, 0.3) is 0 Å². The number of aliphatic carboxylic acids is 2. The Morgan fingerprint density at radius 2 is 0.724 bits per heavy atom. The van der Waals surface area contributed by atoms with E-state index in [2.05, 4.69) is 13.2 Å². The van der Waals surface area contributed by atoms with Gasteiger partial charge in [0.1, 0.15) is 0 Å². The van der Waals surface area contributed by atoms with E-state index in [4.69, 9.17) is 20.4 Å². The molecular weight excluding hydrogens is 442 g/mol. The van der Waals surface area contributed by atoms with Gasteiger partial charge in [-0.1, -0.05) is 13.2 Å². The molecule has 0 atom stereocenters. The third-order valence-electron chi connectivity index (χ3n) is 2.27. The molecule has 0 rings (SSSR count). The third-order valence-corrected chi connectivity index (χ3v) is 2.27. The van der Waals surface area contributed by atoms with Gasteiger partial charge < -0.3 is 20.4 Å². The van der Waals surface area contributed by atoms with Gasteiger partial charge in [0.05, 0.1) is 0 Å². The summed E-state index contributed by atoms with van der Waals surface area (Å²) in [6, 6.07) is 0. The summed E-state index contributed by atoms with van der Waals surface area (Å²) in [6.45, 7) is 9.20. The number of aliphatic hydroxyl groups is 2. The summed E-state index contributed by atoms with van der Waals surface area (Å²) >= 11 is 0. The standard InChI is InChI=1S/C5H2F10O2.2C4H6O2/c6-1(7,2(8,9)4(12,13)16)3(10,11)5(14,15)17;2*1-3(2)4(5)6/h16-17H;2*1H2,2H3,(H,5,6). The maximum atomic E-state index is 12.2. The number of hydrogen-bond acceptors (Lipinski definition) is 4. The van der Waals surface area contributed by atoms with Crippen LogP contribution in [0.15, 0.2) is 24.3 Å². The monoisotopic (exact) mass is 456 g/mol. The smallest absolute Gasteiger partial charge is 0.423 e. The van der Waals surface area contributed by atoms with Gasteiger partial charge >= 0.3 is 41.9 Å². The number of alkyl halides is 10. The van der Waals surface area contributed by atoms with Gasteiger partial charge in [-0.3, -0.25) is 0 Å². The van der Waals surface area contributed by atoms with Gasteiger partial charge in [-0.15, -0.1) is 0 Å². The Morgan fingerprint density at radius 3 is 0.793 bits per heavy atom. The van der Waals surface area contributed by atoms with Crippen LogP contribution in [0, 0.1) is 0 Å². The van der Waals surface area contributed by atoms with Gasteiger partial charge in [0, 0.05) is 11.1 Å². The number of halogens is 10. The fourth-order valence-electron chi connectivity index (χ4n) is 0.575. The molecule has 0 amide bonds. The highest BCUT2D eigenvalue weighted by atomic mass is 19.4. The molecule has 0 heterocycles. The van der Waals surface area contributed by atoms with E-state index in [0.717, 1.165) is 0 Å². The summed E-state index contributed by atoms with van der Waals surface area (Å²) in [7, 11) is 0. The first-order valence-corrected chi connectivity index (χ1v) is 6.40. The van der Waals surface area contributed by atoms with Gasteiger partial charge in [-0.25, -0.2) is 9.59 Å². The SMILES string of the molecule is C=C(C)C(=O)O.C=C(C)C(=O)O.OC(F)(F)C(F)(F)C(F)(F)C(F)(F)C(O)(F)F. The van der Waals surface area contributed by atoms with Crippen molar-refractivity contribution in [2.24, 2.45) is 0 Å². The fourth-order valence-corrected chi connectivity index (χ4v) is 0.575. The molecule has 0 fully saturated rings. The molecule has 6 nitrogen and oxygen atoms in total. The summed E-state index contributed by atoms with van der Waals surface area (Å²) in [5, 5.41) is 30.4. The average molecular weight is 456 g/mol. The molecule has 29 heavy (non-hydrogen) atoms. The van der Waals surface area contributed by atoms with Crippen molar-refractivity contribution in [3.05, 3.63) is 24.3 Å². The van der Waals surface area contributed by atoms with E-state index >= 15 is 0 Å². The van der Waals surface area contributed by atoms with Crippen LogP contribution >= 0.6 is 0 Å². The Bertz CT molecular complexity index is 543. The Hall–Kier alpha value is -2.36. The molecule has 0 saturated heterocycles. The second-order valence-electron chi connectivity index (χ2n) is 4.98. The minimum Gasteiger partial charge on any atom is -0.478 e. The zero-order valence-electron chi connectivity index (χ0n) is 14.3. The minimum atomic E-state index is -7.41. The van der Waals surface area contributed by atoms with Gasteiger partial charge in [-0.05, 0) is 13.8 Å². The van der Waals surface area contributed by atoms with E-state index in [1.54, 1.807) is 0 Å². The average Bonchev–Trinajstić information content (AvgIpc) is 2.45. The first-order valence-electron chi connectivity index (χ1n) is 6.40. The third kappa shape index (κ3) is 8.26. The molecule has 0 aromatic carbocycles. The van der Waals surface area contributed by atoms with Crippen LogP contribution in [0.2, 0.25) is 0 Å². The van der Waals surface area contributed by atoms with Crippen LogP contribution in [0.1, 0.15) is 13.8 Å². The predicted octanol–water partition coefficient (Wildman–Crippen LogP) is 3.36. The van der Waals surface area contributed by atoms with Crippen molar-refractivity contribution in [2.75, 3.05) is 0 Å². The lowest BCUT2D eigenvalue weighted by atomic mass is 10.0. The molecule has 0 aliphatic carbocycles. The first-order chi connectivity index (χ1) is 12.3. The van der Waals surface area contributed by atoms with E-state index in [0.29, 0.717) is 0 Å². The Morgan fingerprint density at radius 1 is 0.586 bits per heavy atom. The summed E-state index contributed by atoms with van der Waals surface area (Å²) in [5.41, 5.74) is 0.352. The fraction of sp³-hybridized carbons (Fsp3) is 0.538. The molecule has 4 N–H and O–H groups in total. The molecule has 172 valence electrons.